The van der Waals surface area contributed by atoms with Crippen molar-refractivity contribution in [1.82, 2.24) is 5.32 Å². The summed E-state index contributed by atoms with van der Waals surface area (Å²) in [6, 6.07) is 6.43. The molecule has 0 saturated carbocycles. The largest absolute Gasteiger partial charge is 0.382 e. The summed E-state index contributed by atoms with van der Waals surface area (Å²) >= 11 is 3.48. The minimum atomic E-state index is 0.147. The van der Waals surface area contributed by atoms with Gasteiger partial charge in [-0.15, -0.1) is 0 Å². The molecule has 4 heteroatoms. The van der Waals surface area contributed by atoms with Gasteiger partial charge in [0.15, 0.2) is 0 Å². The topological polar surface area (TPSA) is 41.1 Å². The molecule has 0 radical (unpaired) electrons. The van der Waals surface area contributed by atoms with Crippen molar-refractivity contribution in [1.29, 1.82) is 0 Å². The van der Waals surface area contributed by atoms with Crippen LogP contribution >= 0.6 is 15.9 Å². The molecule has 1 unspecified atom stereocenters. The number of nitrogens with one attached hydrogen (secondary N) is 2. The molecule has 1 fully saturated rings. The Kier molecular flexibility index (Phi) is 4.05. The summed E-state index contributed by atoms with van der Waals surface area (Å²) in [5, 5.41) is 6.33. The zero-order chi connectivity index (χ0) is 12.3. The van der Waals surface area contributed by atoms with Gasteiger partial charge in [0.2, 0.25) is 5.91 Å². The normalized spacial score (nSPS) is 20.6. The van der Waals surface area contributed by atoms with E-state index in [2.05, 4.69) is 39.6 Å². The van der Waals surface area contributed by atoms with Gasteiger partial charge in [-0.2, -0.15) is 0 Å². The summed E-state index contributed by atoms with van der Waals surface area (Å²) < 4.78 is 1.11. The number of halogens is 1. The van der Waals surface area contributed by atoms with Gasteiger partial charge < -0.3 is 10.6 Å². The Hall–Kier alpha value is -1.03. The number of benzene rings is 1. The quantitative estimate of drug-likeness (QED) is 0.881. The number of amides is 1. The number of anilines is 1. The molecule has 1 aromatic rings. The van der Waals surface area contributed by atoms with Gasteiger partial charge in [0, 0.05) is 29.2 Å². The number of rotatable bonds is 2. The Labute approximate surface area is 110 Å². The molecule has 0 spiro atoms. The number of carbonyl (C=O) groups excluding carboxylic acids is 1. The molecule has 0 bridgehead atoms. The molecule has 17 heavy (non-hydrogen) atoms. The summed E-state index contributed by atoms with van der Waals surface area (Å²) in [5.74, 6) is 0.147. The maximum atomic E-state index is 11.4. The monoisotopic (exact) mass is 296 g/mol. The van der Waals surface area contributed by atoms with Crippen molar-refractivity contribution in [3.05, 3.63) is 28.2 Å². The van der Waals surface area contributed by atoms with E-state index in [1.807, 2.05) is 12.1 Å². The molecule has 1 heterocycles. The SMILES string of the molecule is Cc1cc(NC2CCCNC(=O)C2)ccc1Br. The van der Waals surface area contributed by atoms with Crippen molar-refractivity contribution < 1.29 is 4.79 Å². The smallest absolute Gasteiger partial charge is 0.222 e. The minimum Gasteiger partial charge on any atom is -0.382 e. The Morgan fingerprint density at radius 3 is 3.06 bits per heavy atom. The van der Waals surface area contributed by atoms with E-state index in [4.69, 9.17) is 0 Å². The van der Waals surface area contributed by atoms with Crippen LogP contribution in [0.2, 0.25) is 0 Å². The molecular weight excluding hydrogens is 280 g/mol. The summed E-state index contributed by atoms with van der Waals surface area (Å²) in [6.45, 7) is 2.87. The standard InChI is InChI=1S/C13H17BrN2O/c1-9-7-11(4-5-12(9)14)16-10-3-2-6-15-13(17)8-10/h4-5,7,10,16H,2-3,6,8H2,1H3,(H,15,17). The molecular formula is C13H17BrN2O. The Morgan fingerprint density at radius 2 is 2.29 bits per heavy atom. The predicted molar refractivity (Wildman–Crippen MR) is 73.2 cm³/mol. The third-order valence-corrected chi connectivity index (χ3v) is 3.90. The van der Waals surface area contributed by atoms with Crippen LogP contribution in [0.3, 0.4) is 0 Å². The number of hydrogen-bond donors (Lipinski definition) is 2. The average Bonchev–Trinajstić information content (AvgIpc) is 2.48. The zero-order valence-electron chi connectivity index (χ0n) is 9.92. The highest BCUT2D eigenvalue weighted by Gasteiger charge is 2.16. The van der Waals surface area contributed by atoms with Crippen LogP contribution in [0, 0.1) is 6.92 Å². The highest BCUT2D eigenvalue weighted by Crippen LogP contribution is 2.22. The van der Waals surface area contributed by atoms with Crippen LogP contribution < -0.4 is 10.6 Å². The van der Waals surface area contributed by atoms with E-state index in [1.165, 1.54) is 5.56 Å². The maximum absolute atomic E-state index is 11.4. The van der Waals surface area contributed by atoms with E-state index >= 15 is 0 Å². The molecule has 1 amide bonds. The highest BCUT2D eigenvalue weighted by atomic mass is 79.9. The summed E-state index contributed by atoms with van der Waals surface area (Å²) in [6.07, 6.45) is 2.64. The van der Waals surface area contributed by atoms with Gasteiger partial charge in [-0.05, 0) is 43.5 Å². The Bertz CT molecular complexity index is 420. The van der Waals surface area contributed by atoms with Crippen molar-refractivity contribution in [2.45, 2.75) is 32.2 Å². The molecule has 92 valence electrons. The fourth-order valence-electron chi connectivity index (χ4n) is 2.07. The van der Waals surface area contributed by atoms with E-state index in [9.17, 15) is 4.79 Å². The second-order valence-corrected chi connectivity index (χ2v) is 5.36. The fourth-order valence-corrected chi connectivity index (χ4v) is 2.31. The number of hydrogen-bond acceptors (Lipinski definition) is 2. The van der Waals surface area contributed by atoms with Crippen LogP contribution in [-0.2, 0) is 4.79 Å². The van der Waals surface area contributed by atoms with Crippen molar-refractivity contribution in [2.75, 3.05) is 11.9 Å². The van der Waals surface area contributed by atoms with Crippen molar-refractivity contribution >= 4 is 27.5 Å². The minimum absolute atomic E-state index is 0.147. The molecule has 0 aliphatic carbocycles. The molecule has 1 aliphatic heterocycles. The van der Waals surface area contributed by atoms with Gasteiger partial charge in [-0.1, -0.05) is 15.9 Å². The first-order chi connectivity index (χ1) is 8.15. The van der Waals surface area contributed by atoms with Crippen molar-refractivity contribution in [3.63, 3.8) is 0 Å². The fraction of sp³-hybridized carbons (Fsp3) is 0.462. The molecule has 1 aliphatic rings. The Balaban J connectivity index is 2.03. The first-order valence-electron chi connectivity index (χ1n) is 5.94. The summed E-state index contributed by atoms with van der Waals surface area (Å²) in [4.78, 5) is 11.4. The summed E-state index contributed by atoms with van der Waals surface area (Å²) in [5.41, 5.74) is 2.29. The van der Waals surface area contributed by atoms with Crippen LogP contribution in [0.4, 0.5) is 5.69 Å². The highest BCUT2D eigenvalue weighted by molar-refractivity contribution is 9.10. The van der Waals surface area contributed by atoms with E-state index < -0.39 is 0 Å². The van der Waals surface area contributed by atoms with Crippen LogP contribution in [0.15, 0.2) is 22.7 Å². The van der Waals surface area contributed by atoms with Gasteiger partial charge in [-0.25, -0.2) is 0 Å². The molecule has 1 saturated heterocycles. The van der Waals surface area contributed by atoms with E-state index in [0.717, 1.165) is 29.5 Å². The van der Waals surface area contributed by atoms with Crippen LogP contribution in [0.25, 0.3) is 0 Å². The van der Waals surface area contributed by atoms with Crippen molar-refractivity contribution in [2.24, 2.45) is 0 Å². The number of carbonyl (C=O) groups is 1. The van der Waals surface area contributed by atoms with Crippen molar-refractivity contribution in [3.8, 4) is 0 Å². The summed E-state index contributed by atoms with van der Waals surface area (Å²) in [7, 11) is 0. The predicted octanol–water partition coefficient (Wildman–Crippen LogP) is 2.84. The first kappa shape index (κ1) is 12.4. The molecule has 1 aromatic carbocycles. The van der Waals surface area contributed by atoms with Crippen LogP contribution in [0.1, 0.15) is 24.8 Å². The van der Waals surface area contributed by atoms with Gasteiger partial charge in [0.05, 0.1) is 0 Å². The van der Waals surface area contributed by atoms with Crippen LogP contribution in [0.5, 0.6) is 0 Å². The first-order valence-corrected chi connectivity index (χ1v) is 6.74. The van der Waals surface area contributed by atoms with E-state index in [1.54, 1.807) is 0 Å². The van der Waals surface area contributed by atoms with Gasteiger partial charge in [0.25, 0.3) is 0 Å². The molecule has 1 atom stereocenters. The van der Waals surface area contributed by atoms with Gasteiger partial charge in [0.1, 0.15) is 0 Å². The van der Waals surface area contributed by atoms with Crippen LogP contribution in [-0.4, -0.2) is 18.5 Å². The third kappa shape index (κ3) is 3.46. The van der Waals surface area contributed by atoms with Gasteiger partial charge in [-0.3, -0.25) is 4.79 Å². The molecule has 3 nitrogen and oxygen atoms in total. The van der Waals surface area contributed by atoms with E-state index in [-0.39, 0.29) is 11.9 Å². The molecule has 2 N–H and O–H groups in total. The second kappa shape index (κ2) is 5.54. The second-order valence-electron chi connectivity index (χ2n) is 4.50. The number of aryl methyl sites for hydroxylation is 1. The van der Waals surface area contributed by atoms with Gasteiger partial charge >= 0.3 is 0 Å². The molecule has 2 rings (SSSR count). The zero-order valence-corrected chi connectivity index (χ0v) is 11.5. The third-order valence-electron chi connectivity index (χ3n) is 3.01. The maximum Gasteiger partial charge on any atom is 0.222 e. The lowest BCUT2D eigenvalue weighted by Gasteiger charge is -2.17. The van der Waals surface area contributed by atoms with E-state index in [0.29, 0.717) is 6.42 Å². The molecule has 0 aromatic heterocycles. The Morgan fingerprint density at radius 1 is 1.47 bits per heavy atom. The lowest BCUT2D eigenvalue weighted by Crippen LogP contribution is -2.26. The lowest BCUT2D eigenvalue weighted by molar-refractivity contribution is -0.120. The average molecular weight is 297 g/mol. The lowest BCUT2D eigenvalue weighted by atomic mass is 10.1.